The minimum Gasteiger partial charge on any atom is -0.456 e. The normalized spacial score (nSPS) is 11.5. The summed E-state index contributed by atoms with van der Waals surface area (Å²) in [5.74, 6) is 0. The van der Waals surface area contributed by atoms with Gasteiger partial charge in [-0.1, -0.05) is 133 Å². The molecule has 0 aliphatic rings. The van der Waals surface area contributed by atoms with Crippen molar-refractivity contribution in [3.8, 4) is 33.4 Å². The predicted octanol–water partition coefficient (Wildman–Crippen LogP) is 14.0. The van der Waals surface area contributed by atoms with Crippen molar-refractivity contribution in [2.75, 3.05) is 4.90 Å². The molecule has 0 bridgehead atoms. The van der Waals surface area contributed by atoms with Gasteiger partial charge in [0.2, 0.25) is 0 Å². The van der Waals surface area contributed by atoms with Gasteiger partial charge in [0.15, 0.2) is 0 Å². The fraction of sp³-hybridized carbons (Fsp3) is 0. The Hall–Kier alpha value is -6.84. The van der Waals surface area contributed by atoms with Crippen LogP contribution in [-0.2, 0) is 0 Å². The molecule has 2 aromatic heterocycles. The fourth-order valence-electron chi connectivity index (χ4n) is 7.44. The molecule has 0 radical (unpaired) electrons. The number of para-hydroxylation sites is 1. The van der Waals surface area contributed by atoms with E-state index in [-0.39, 0.29) is 0 Å². The van der Waals surface area contributed by atoms with Crippen LogP contribution in [0.15, 0.2) is 197 Å². The smallest absolute Gasteiger partial charge is 0.143 e. The molecule has 0 atom stereocenters. The Morgan fingerprint density at radius 1 is 0.314 bits per heavy atom. The maximum Gasteiger partial charge on any atom is 0.143 e. The Labute approximate surface area is 295 Å². The van der Waals surface area contributed by atoms with Crippen LogP contribution in [-0.4, -0.2) is 0 Å². The lowest BCUT2D eigenvalue weighted by Gasteiger charge is -2.27. The molecule has 2 heterocycles. The number of fused-ring (bicyclic) bond motifs is 7. The lowest BCUT2D eigenvalue weighted by molar-refractivity contribution is 0.663. The first kappa shape index (κ1) is 29.1. The Kier molecular flexibility index (Phi) is 6.81. The molecule has 10 rings (SSSR count). The summed E-state index contributed by atoms with van der Waals surface area (Å²) in [6.45, 7) is 0. The number of anilines is 3. The van der Waals surface area contributed by atoms with E-state index in [0.29, 0.717) is 0 Å². The summed E-state index contributed by atoms with van der Waals surface area (Å²) in [5, 5.41) is 4.26. The first-order valence-corrected chi connectivity index (χ1v) is 17.3. The van der Waals surface area contributed by atoms with Crippen LogP contribution < -0.4 is 4.90 Å². The second-order valence-electron chi connectivity index (χ2n) is 12.9. The molecule has 0 aliphatic carbocycles. The van der Waals surface area contributed by atoms with Crippen molar-refractivity contribution in [1.82, 2.24) is 0 Å². The highest BCUT2D eigenvalue weighted by Crippen LogP contribution is 2.46. The molecule has 3 nitrogen and oxygen atoms in total. The summed E-state index contributed by atoms with van der Waals surface area (Å²) >= 11 is 0. The van der Waals surface area contributed by atoms with E-state index in [1.54, 1.807) is 0 Å². The van der Waals surface area contributed by atoms with E-state index in [1.807, 2.05) is 24.3 Å². The zero-order valence-electron chi connectivity index (χ0n) is 27.7. The van der Waals surface area contributed by atoms with Gasteiger partial charge in [0.1, 0.15) is 22.3 Å². The van der Waals surface area contributed by atoms with Crippen LogP contribution in [0.4, 0.5) is 17.1 Å². The van der Waals surface area contributed by atoms with Crippen LogP contribution in [0.1, 0.15) is 0 Å². The van der Waals surface area contributed by atoms with Crippen LogP contribution in [0.5, 0.6) is 0 Å². The maximum atomic E-state index is 6.78. The zero-order valence-corrected chi connectivity index (χ0v) is 27.7. The van der Waals surface area contributed by atoms with Crippen molar-refractivity contribution in [1.29, 1.82) is 0 Å². The Bertz CT molecular complexity index is 2730. The van der Waals surface area contributed by atoms with Crippen LogP contribution in [0.25, 0.3) is 77.3 Å². The van der Waals surface area contributed by atoms with E-state index < -0.39 is 0 Å². The third-order valence-corrected chi connectivity index (χ3v) is 9.87. The molecule has 0 aliphatic heterocycles. The number of furan rings is 2. The molecule has 51 heavy (non-hydrogen) atoms. The fourth-order valence-corrected chi connectivity index (χ4v) is 7.44. The van der Waals surface area contributed by atoms with Gasteiger partial charge in [0.05, 0.1) is 0 Å². The third-order valence-electron chi connectivity index (χ3n) is 9.87. The van der Waals surface area contributed by atoms with Crippen LogP contribution in [0.3, 0.4) is 0 Å². The predicted molar refractivity (Wildman–Crippen MR) is 212 cm³/mol. The van der Waals surface area contributed by atoms with Gasteiger partial charge in [-0.05, 0) is 82.4 Å². The maximum absolute atomic E-state index is 6.78. The molecular formula is C48H31NO2. The van der Waals surface area contributed by atoms with E-state index >= 15 is 0 Å². The van der Waals surface area contributed by atoms with Gasteiger partial charge in [-0.3, -0.25) is 0 Å². The molecule has 0 unspecified atom stereocenters. The zero-order chi connectivity index (χ0) is 33.7. The number of nitrogens with zero attached hydrogens (tertiary/aromatic N) is 1. The third kappa shape index (κ3) is 4.98. The summed E-state index contributed by atoms with van der Waals surface area (Å²) in [6.07, 6.45) is 0. The van der Waals surface area contributed by atoms with Gasteiger partial charge in [-0.15, -0.1) is 0 Å². The molecule has 10 aromatic rings. The van der Waals surface area contributed by atoms with Crippen molar-refractivity contribution in [2.24, 2.45) is 0 Å². The van der Waals surface area contributed by atoms with E-state index in [4.69, 9.17) is 8.83 Å². The summed E-state index contributed by atoms with van der Waals surface area (Å²) in [5.41, 5.74) is 13.4. The Morgan fingerprint density at radius 2 is 0.784 bits per heavy atom. The number of rotatable bonds is 6. The highest BCUT2D eigenvalue weighted by Gasteiger charge is 2.22. The monoisotopic (exact) mass is 653 g/mol. The lowest BCUT2D eigenvalue weighted by Crippen LogP contribution is -2.10. The lowest BCUT2D eigenvalue weighted by atomic mass is 9.98. The van der Waals surface area contributed by atoms with Crippen molar-refractivity contribution in [2.45, 2.75) is 0 Å². The molecule has 0 spiro atoms. The topological polar surface area (TPSA) is 29.5 Å². The first-order valence-electron chi connectivity index (χ1n) is 17.3. The van der Waals surface area contributed by atoms with Crippen molar-refractivity contribution in [3.05, 3.63) is 188 Å². The second-order valence-corrected chi connectivity index (χ2v) is 12.9. The summed E-state index contributed by atoms with van der Waals surface area (Å²) in [4.78, 5) is 2.35. The van der Waals surface area contributed by atoms with Gasteiger partial charge in [-0.2, -0.15) is 0 Å². The highest BCUT2D eigenvalue weighted by atomic mass is 16.3. The van der Waals surface area contributed by atoms with Gasteiger partial charge in [0, 0.05) is 44.2 Å². The molecule has 8 aromatic carbocycles. The van der Waals surface area contributed by atoms with Crippen LogP contribution in [0, 0.1) is 0 Å². The quantitative estimate of drug-likeness (QED) is 0.179. The first-order chi connectivity index (χ1) is 25.3. The van der Waals surface area contributed by atoms with E-state index in [0.717, 1.165) is 72.1 Å². The Balaban J connectivity index is 1.24. The van der Waals surface area contributed by atoms with Gasteiger partial charge >= 0.3 is 0 Å². The minimum absolute atomic E-state index is 0.837. The van der Waals surface area contributed by atoms with Gasteiger partial charge < -0.3 is 13.7 Å². The van der Waals surface area contributed by atoms with Crippen LogP contribution in [0.2, 0.25) is 0 Å². The summed E-state index contributed by atoms with van der Waals surface area (Å²) in [6, 6.07) is 66.2. The summed E-state index contributed by atoms with van der Waals surface area (Å²) in [7, 11) is 0. The average molecular weight is 654 g/mol. The highest BCUT2D eigenvalue weighted by molar-refractivity contribution is 6.27. The molecule has 0 saturated carbocycles. The van der Waals surface area contributed by atoms with Gasteiger partial charge in [-0.25, -0.2) is 0 Å². The summed E-state index contributed by atoms with van der Waals surface area (Å²) < 4.78 is 13.1. The van der Waals surface area contributed by atoms with Crippen LogP contribution >= 0.6 is 0 Å². The average Bonchev–Trinajstić information content (AvgIpc) is 3.77. The largest absolute Gasteiger partial charge is 0.456 e. The number of hydrogen-bond donors (Lipinski definition) is 0. The molecule has 3 heteroatoms. The van der Waals surface area contributed by atoms with Crippen molar-refractivity contribution >= 4 is 60.9 Å². The van der Waals surface area contributed by atoms with E-state index in [2.05, 4.69) is 169 Å². The molecule has 0 saturated heterocycles. The standard InChI is InChI=1S/C48H31NO2/c1-4-12-32(13-5-1)34-20-24-37(25-21-34)49(38-26-22-35(23-27-38)33-14-6-2-7-15-33)39-30-41(36-16-8-3-9-17-36)48-42(31-39)47-45(51-48)29-28-44-46(47)40-18-10-11-19-43(40)50-44/h1-31H. The second kappa shape index (κ2) is 11.9. The van der Waals surface area contributed by atoms with E-state index in [9.17, 15) is 0 Å². The molecule has 0 fully saturated rings. The van der Waals surface area contributed by atoms with Crippen molar-refractivity contribution < 1.29 is 8.83 Å². The molecule has 0 N–H and O–H groups in total. The van der Waals surface area contributed by atoms with E-state index in [1.165, 1.54) is 22.3 Å². The minimum atomic E-state index is 0.837. The van der Waals surface area contributed by atoms with Crippen molar-refractivity contribution in [3.63, 3.8) is 0 Å². The van der Waals surface area contributed by atoms with Gasteiger partial charge in [0.25, 0.3) is 0 Å². The SMILES string of the molecule is c1ccc(-c2ccc(N(c3ccc(-c4ccccc4)cc3)c3cc(-c4ccccc4)c4oc5ccc6oc7ccccc7c6c5c4c3)cc2)cc1. The molecular weight excluding hydrogens is 623 g/mol. The number of benzene rings is 8. The number of hydrogen-bond acceptors (Lipinski definition) is 3. The molecule has 240 valence electrons. The Morgan fingerprint density at radius 3 is 1.37 bits per heavy atom. The molecule has 0 amide bonds.